The van der Waals surface area contributed by atoms with E-state index in [9.17, 15) is 0 Å². The molecule has 0 heterocycles. The number of rotatable bonds is 0. The normalized spacial score (nSPS) is 14.8. The third-order valence-electron chi connectivity index (χ3n) is 2.02. The summed E-state index contributed by atoms with van der Waals surface area (Å²) < 4.78 is 0.964. The summed E-state index contributed by atoms with van der Waals surface area (Å²) in [5.74, 6) is 6.83. The summed E-state index contributed by atoms with van der Waals surface area (Å²) in [5, 5.41) is 1.18. The van der Waals surface area contributed by atoms with E-state index in [4.69, 9.17) is 23.2 Å². The fourth-order valence-corrected chi connectivity index (χ4v) is 2.02. The van der Waals surface area contributed by atoms with Crippen molar-refractivity contribution in [3.8, 4) is 11.8 Å². The van der Waals surface area contributed by atoms with Crippen LogP contribution < -0.4 is 0 Å². The highest BCUT2D eigenvalue weighted by molar-refractivity contribution is 14.1. The van der Waals surface area contributed by atoms with Crippen LogP contribution in [0.5, 0.6) is 0 Å². The van der Waals surface area contributed by atoms with E-state index in [1.54, 1.807) is 0 Å². The SMILES string of the molecule is Clc1c(I)ccc(C#CC2CC2)c1Cl. The van der Waals surface area contributed by atoms with Gasteiger partial charge in [0.15, 0.2) is 0 Å². The van der Waals surface area contributed by atoms with Crippen molar-refractivity contribution >= 4 is 45.8 Å². The zero-order chi connectivity index (χ0) is 10.1. The molecule has 0 saturated heterocycles. The number of hydrogen-bond acceptors (Lipinski definition) is 0. The van der Waals surface area contributed by atoms with Crippen LogP contribution in [-0.2, 0) is 0 Å². The van der Waals surface area contributed by atoms with E-state index < -0.39 is 0 Å². The van der Waals surface area contributed by atoms with Crippen molar-refractivity contribution in [1.29, 1.82) is 0 Å². The Hall–Kier alpha value is 0.0900. The average molecular weight is 337 g/mol. The van der Waals surface area contributed by atoms with Gasteiger partial charge in [0.2, 0.25) is 0 Å². The Morgan fingerprint density at radius 3 is 2.57 bits per heavy atom. The molecule has 0 radical (unpaired) electrons. The van der Waals surface area contributed by atoms with Gasteiger partial charge in [0.1, 0.15) is 0 Å². The molecule has 0 bridgehead atoms. The van der Waals surface area contributed by atoms with Gasteiger partial charge in [0, 0.05) is 15.1 Å². The molecule has 0 amide bonds. The molecule has 1 saturated carbocycles. The highest BCUT2D eigenvalue weighted by Gasteiger charge is 2.18. The topological polar surface area (TPSA) is 0 Å². The molecule has 72 valence electrons. The molecule has 1 aliphatic carbocycles. The lowest BCUT2D eigenvalue weighted by atomic mass is 10.2. The fourth-order valence-electron chi connectivity index (χ4n) is 1.03. The van der Waals surface area contributed by atoms with Crippen LogP contribution in [0.2, 0.25) is 10.0 Å². The van der Waals surface area contributed by atoms with Crippen molar-refractivity contribution in [2.24, 2.45) is 5.92 Å². The lowest BCUT2D eigenvalue weighted by Crippen LogP contribution is -1.82. The Morgan fingerprint density at radius 2 is 1.93 bits per heavy atom. The molecule has 1 aromatic carbocycles. The van der Waals surface area contributed by atoms with E-state index in [1.165, 1.54) is 12.8 Å². The zero-order valence-corrected chi connectivity index (χ0v) is 10.9. The Balaban J connectivity index is 2.35. The first kappa shape index (κ1) is 10.6. The molecular weight excluding hydrogens is 330 g/mol. The van der Waals surface area contributed by atoms with Gasteiger partial charge in [-0.15, -0.1) is 0 Å². The molecule has 0 spiro atoms. The third kappa shape index (κ3) is 2.36. The van der Waals surface area contributed by atoms with Gasteiger partial charge in [-0.2, -0.15) is 0 Å². The molecule has 0 nitrogen and oxygen atoms in total. The highest BCUT2D eigenvalue weighted by Crippen LogP contribution is 2.31. The Labute approximate surface area is 107 Å². The van der Waals surface area contributed by atoms with E-state index in [0.29, 0.717) is 16.0 Å². The minimum Gasteiger partial charge on any atom is -0.0944 e. The predicted molar refractivity (Wildman–Crippen MR) is 68.8 cm³/mol. The minimum atomic E-state index is 0.576. The van der Waals surface area contributed by atoms with Gasteiger partial charge in [-0.25, -0.2) is 0 Å². The molecule has 0 atom stereocenters. The van der Waals surface area contributed by atoms with Crippen LogP contribution in [0.15, 0.2) is 12.1 Å². The Morgan fingerprint density at radius 1 is 1.21 bits per heavy atom. The fraction of sp³-hybridized carbons (Fsp3) is 0.273. The first-order valence-corrected chi connectivity index (χ1v) is 6.17. The van der Waals surface area contributed by atoms with Crippen molar-refractivity contribution in [3.63, 3.8) is 0 Å². The Kier molecular flexibility index (Phi) is 3.26. The maximum Gasteiger partial charge on any atom is 0.0759 e. The van der Waals surface area contributed by atoms with Crippen LogP contribution in [-0.4, -0.2) is 0 Å². The molecule has 14 heavy (non-hydrogen) atoms. The average Bonchev–Trinajstić information content (AvgIpc) is 2.97. The molecule has 2 rings (SSSR count). The van der Waals surface area contributed by atoms with Crippen LogP contribution in [0.1, 0.15) is 18.4 Å². The second-order valence-electron chi connectivity index (χ2n) is 3.27. The highest BCUT2D eigenvalue weighted by atomic mass is 127. The second kappa shape index (κ2) is 4.30. The van der Waals surface area contributed by atoms with E-state index in [1.807, 2.05) is 12.1 Å². The van der Waals surface area contributed by atoms with E-state index in [-0.39, 0.29) is 0 Å². The summed E-state index contributed by atoms with van der Waals surface area (Å²) in [6.45, 7) is 0. The van der Waals surface area contributed by atoms with Gasteiger partial charge in [-0.05, 0) is 47.6 Å². The van der Waals surface area contributed by atoms with Gasteiger partial charge in [0.05, 0.1) is 10.0 Å². The monoisotopic (exact) mass is 336 g/mol. The summed E-state index contributed by atoms with van der Waals surface area (Å²) >= 11 is 14.2. The first-order chi connectivity index (χ1) is 6.68. The van der Waals surface area contributed by atoms with E-state index in [2.05, 4.69) is 34.4 Å². The molecule has 0 N–H and O–H groups in total. The van der Waals surface area contributed by atoms with Crippen LogP contribution >= 0.6 is 45.8 Å². The van der Waals surface area contributed by atoms with Crippen LogP contribution in [0.4, 0.5) is 0 Å². The summed E-state index contributed by atoms with van der Waals surface area (Å²) in [4.78, 5) is 0. The van der Waals surface area contributed by atoms with Gasteiger partial charge < -0.3 is 0 Å². The van der Waals surface area contributed by atoms with Gasteiger partial charge in [-0.3, -0.25) is 0 Å². The van der Waals surface area contributed by atoms with Crippen molar-refractivity contribution < 1.29 is 0 Å². The maximum atomic E-state index is 6.06. The van der Waals surface area contributed by atoms with Crippen molar-refractivity contribution in [2.75, 3.05) is 0 Å². The molecular formula is C11H7Cl2I. The molecule has 0 unspecified atom stereocenters. The molecule has 1 fully saturated rings. The summed E-state index contributed by atoms with van der Waals surface area (Å²) in [7, 11) is 0. The quantitative estimate of drug-likeness (QED) is 0.375. The zero-order valence-electron chi connectivity index (χ0n) is 7.28. The summed E-state index contributed by atoms with van der Waals surface area (Å²) in [5.41, 5.74) is 0.837. The smallest absolute Gasteiger partial charge is 0.0759 e. The molecule has 1 aromatic rings. The van der Waals surface area contributed by atoms with Crippen molar-refractivity contribution in [3.05, 3.63) is 31.3 Å². The van der Waals surface area contributed by atoms with Crippen molar-refractivity contribution in [1.82, 2.24) is 0 Å². The van der Waals surface area contributed by atoms with Crippen LogP contribution in [0, 0.1) is 21.3 Å². The number of halogens is 3. The molecule has 1 aliphatic rings. The van der Waals surface area contributed by atoms with Gasteiger partial charge in [0.25, 0.3) is 0 Å². The van der Waals surface area contributed by atoms with Gasteiger partial charge in [-0.1, -0.05) is 35.0 Å². The summed E-state index contributed by atoms with van der Waals surface area (Å²) in [6.07, 6.45) is 2.45. The van der Waals surface area contributed by atoms with Crippen LogP contribution in [0.25, 0.3) is 0 Å². The number of benzene rings is 1. The van der Waals surface area contributed by atoms with E-state index >= 15 is 0 Å². The second-order valence-corrected chi connectivity index (χ2v) is 5.18. The molecule has 0 aliphatic heterocycles. The Bertz CT molecular complexity index is 425. The third-order valence-corrected chi connectivity index (χ3v) is 4.12. The predicted octanol–water partition coefficient (Wildman–Crippen LogP) is 4.36. The largest absolute Gasteiger partial charge is 0.0944 e. The minimum absolute atomic E-state index is 0.576. The van der Waals surface area contributed by atoms with Crippen LogP contribution in [0.3, 0.4) is 0 Å². The lowest BCUT2D eigenvalue weighted by Gasteiger charge is -2.00. The maximum absolute atomic E-state index is 6.06. The van der Waals surface area contributed by atoms with E-state index in [0.717, 1.165) is 9.13 Å². The molecule has 3 heteroatoms. The standard InChI is InChI=1S/C11H7Cl2I/c12-10-8(4-3-7-1-2-7)5-6-9(14)11(10)13/h5-7H,1-2H2. The number of hydrogen-bond donors (Lipinski definition) is 0. The van der Waals surface area contributed by atoms with Gasteiger partial charge >= 0.3 is 0 Å². The molecule has 0 aromatic heterocycles. The first-order valence-electron chi connectivity index (χ1n) is 4.33. The van der Waals surface area contributed by atoms with Crippen molar-refractivity contribution in [2.45, 2.75) is 12.8 Å². The summed E-state index contributed by atoms with van der Waals surface area (Å²) in [6, 6.07) is 3.86. The lowest BCUT2D eigenvalue weighted by molar-refractivity contribution is 1.18.